The molecule has 0 fully saturated rings. The fourth-order valence-corrected chi connectivity index (χ4v) is 1.77. The molecule has 6 nitrogen and oxygen atoms in total. The van der Waals surface area contributed by atoms with Gasteiger partial charge >= 0.3 is 5.69 Å². The molecule has 0 aromatic carbocycles. The number of hydrogen-bond donors (Lipinski definition) is 0. The Balaban J connectivity index is 3.00. The van der Waals surface area contributed by atoms with Crippen LogP contribution in [0, 0.1) is 5.92 Å². The molecule has 1 aromatic rings. The molecule has 0 bridgehead atoms. The summed E-state index contributed by atoms with van der Waals surface area (Å²) in [5.41, 5.74) is -1.02. The monoisotopic (exact) mass is 236 g/mol. The van der Waals surface area contributed by atoms with Crippen LogP contribution in [0.15, 0.2) is 19.6 Å². The van der Waals surface area contributed by atoms with Crippen LogP contribution in [0.4, 0.5) is 0 Å². The van der Waals surface area contributed by atoms with Crippen LogP contribution in [0.25, 0.3) is 0 Å². The summed E-state index contributed by atoms with van der Waals surface area (Å²) in [7, 11) is 3.05. The average Bonchev–Trinajstić information content (AvgIpc) is 2.63. The summed E-state index contributed by atoms with van der Waals surface area (Å²) in [4.78, 5) is 32.5. The molecule has 1 atom stereocenters. The van der Waals surface area contributed by atoms with E-state index in [0.717, 1.165) is 4.57 Å². The number of nitrogens with zero attached hydrogens (tertiary/aromatic N) is 4. The van der Waals surface area contributed by atoms with Crippen LogP contribution in [-0.2, 0) is 14.1 Å². The molecule has 0 N–H and O–H groups in total. The standard InChI is InChI=1S/C11H16N4O2/c1-6(2)11(3)12-7-8(13-11)14(4)10(17)15(5)9(7)16/h6H,1-5H3. The van der Waals surface area contributed by atoms with Crippen molar-refractivity contribution in [3.63, 3.8) is 0 Å². The Labute approximate surface area is 98.0 Å². The number of aromatic nitrogens is 2. The van der Waals surface area contributed by atoms with Crippen molar-refractivity contribution in [3.05, 3.63) is 31.7 Å². The molecule has 0 saturated carbocycles. The first kappa shape index (κ1) is 11.8. The Kier molecular flexibility index (Phi) is 2.34. The van der Waals surface area contributed by atoms with Gasteiger partial charge < -0.3 is 0 Å². The van der Waals surface area contributed by atoms with Crippen molar-refractivity contribution in [1.82, 2.24) is 9.13 Å². The number of fused-ring (bicyclic) bond motifs is 1. The predicted octanol–water partition coefficient (Wildman–Crippen LogP) is -1.29. The van der Waals surface area contributed by atoms with Crippen molar-refractivity contribution < 1.29 is 0 Å². The van der Waals surface area contributed by atoms with Gasteiger partial charge in [-0.2, -0.15) is 0 Å². The summed E-state index contributed by atoms with van der Waals surface area (Å²) in [5.74, 6) is 0.162. The fraction of sp³-hybridized carbons (Fsp3) is 0.636. The van der Waals surface area contributed by atoms with Crippen LogP contribution >= 0.6 is 0 Å². The minimum Gasteiger partial charge on any atom is -0.279 e. The van der Waals surface area contributed by atoms with E-state index < -0.39 is 5.66 Å². The van der Waals surface area contributed by atoms with Gasteiger partial charge in [0, 0.05) is 14.1 Å². The zero-order valence-electron chi connectivity index (χ0n) is 10.7. The van der Waals surface area contributed by atoms with Crippen molar-refractivity contribution >= 4 is 0 Å². The smallest absolute Gasteiger partial charge is 0.279 e. The molecular weight excluding hydrogens is 220 g/mol. The maximum Gasteiger partial charge on any atom is 0.332 e. The van der Waals surface area contributed by atoms with Gasteiger partial charge in [-0.1, -0.05) is 13.8 Å². The summed E-state index contributed by atoms with van der Waals surface area (Å²) in [6, 6.07) is 0. The molecule has 1 unspecified atom stereocenters. The quantitative estimate of drug-likeness (QED) is 0.608. The van der Waals surface area contributed by atoms with Gasteiger partial charge in [0.25, 0.3) is 5.56 Å². The number of rotatable bonds is 1. The Morgan fingerprint density at radius 3 is 2.24 bits per heavy atom. The maximum atomic E-state index is 11.9. The van der Waals surface area contributed by atoms with Crippen molar-refractivity contribution in [2.75, 3.05) is 0 Å². The van der Waals surface area contributed by atoms with Crippen molar-refractivity contribution in [3.8, 4) is 0 Å². The van der Waals surface area contributed by atoms with E-state index in [1.54, 1.807) is 7.05 Å². The van der Waals surface area contributed by atoms with Gasteiger partial charge in [-0.3, -0.25) is 13.9 Å². The minimum absolute atomic E-state index is 0.162. The van der Waals surface area contributed by atoms with Gasteiger partial charge in [0.05, 0.1) is 0 Å². The SMILES string of the molecule is CC(C)C1(C)N=c2c(=O)n(C)c(=O)n(C)c2=N1. The van der Waals surface area contributed by atoms with Crippen LogP contribution in [0.1, 0.15) is 20.8 Å². The van der Waals surface area contributed by atoms with Gasteiger partial charge in [-0.05, 0) is 12.8 Å². The third-order valence-electron chi connectivity index (χ3n) is 3.37. The van der Waals surface area contributed by atoms with E-state index in [4.69, 9.17) is 0 Å². The third-order valence-corrected chi connectivity index (χ3v) is 3.37. The van der Waals surface area contributed by atoms with Crippen molar-refractivity contribution in [1.29, 1.82) is 0 Å². The average molecular weight is 236 g/mol. The Morgan fingerprint density at radius 1 is 1.12 bits per heavy atom. The molecule has 0 radical (unpaired) electrons. The van der Waals surface area contributed by atoms with Crippen LogP contribution in [-0.4, -0.2) is 14.8 Å². The highest BCUT2D eigenvalue weighted by atomic mass is 16.2. The summed E-state index contributed by atoms with van der Waals surface area (Å²) in [5, 5.41) is 0.283. The van der Waals surface area contributed by atoms with Crippen LogP contribution in [0.5, 0.6) is 0 Å². The highest BCUT2D eigenvalue weighted by molar-refractivity contribution is 4.99. The van der Waals surface area contributed by atoms with Gasteiger partial charge in [0.1, 0.15) is 0 Å². The topological polar surface area (TPSA) is 68.7 Å². The van der Waals surface area contributed by atoms with Crippen LogP contribution in [0.3, 0.4) is 0 Å². The van der Waals surface area contributed by atoms with Crippen LogP contribution in [0.2, 0.25) is 0 Å². The largest absolute Gasteiger partial charge is 0.332 e. The summed E-state index contributed by atoms with van der Waals surface area (Å²) in [6.07, 6.45) is 0. The van der Waals surface area contributed by atoms with Crippen molar-refractivity contribution in [2.45, 2.75) is 26.4 Å². The van der Waals surface area contributed by atoms with E-state index in [2.05, 4.69) is 9.98 Å². The van der Waals surface area contributed by atoms with Gasteiger partial charge in [0.15, 0.2) is 16.5 Å². The van der Waals surface area contributed by atoms with E-state index in [9.17, 15) is 9.59 Å². The molecule has 6 heteroatoms. The van der Waals surface area contributed by atoms with Gasteiger partial charge in [-0.25, -0.2) is 14.8 Å². The second-order valence-electron chi connectivity index (χ2n) is 4.85. The molecule has 1 aliphatic rings. The highest BCUT2D eigenvalue weighted by Gasteiger charge is 2.31. The first-order valence-electron chi connectivity index (χ1n) is 5.53. The molecule has 0 saturated heterocycles. The predicted molar refractivity (Wildman–Crippen MR) is 62.5 cm³/mol. The molecule has 2 rings (SSSR count). The lowest BCUT2D eigenvalue weighted by molar-refractivity contribution is 0.354. The minimum atomic E-state index is -0.653. The fourth-order valence-electron chi connectivity index (χ4n) is 1.77. The lowest BCUT2D eigenvalue weighted by Gasteiger charge is -2.21. The zero-order valence-corrected chi connectivity index (χ0v) is 10.7. The van der Waals surface area contributed by atoms with Gasteiger partial charge in [-0.15, -0.1) is 0 Å². The van der Waals surface area contributed by atoms with Crippen LogP contribution < -0.4 is 22.1 Å². The van der Waals surface area contributed by atoms with E-state index in [0.29, 0.717) is 5.49 Å². The first-order chi connectivity index (χ1) is 7.78. The second-order valence-corrected chi connectivity index (χ2v) is 4.85. The molecule has 92 valence electrons. The second kappa shape index (κ2) is 3.38. The summed E-state index contributed by atoms with van der Waals surface area (Å²) in [6.45, 7) is 5.84. The Morgan fingerprint density at radius 2 is 1.71 bits per heavy atom. The molecule has 1 aromatic heterocycles. The Hall–Kier alpha value is -1.72. The van der Waals surface area contributed by atoms with E-state index in [1.165, 1.54) is 11.6 Å². The maximum absolute atomic E-state index is 11.9. The highest BCUT2D eigenvalue weighted by Crippen LogP contribution is 2.22. The Bertz CT molecular complexity index is 711. The molecule has 1 aliphatic heterocycles. The molecule has 2 heterocycles. The molecule has 0 amide bonds. The van der Waals surface area contributed by atoms with Gasteiger partial charge in [0.2, 0.25) is 0 Å². The molecule has 17 heavy (non-hydrogen) atoms. The number of hydrogen-bond acceptors (Lipinski definition) is 4. The van der Waals surface area contributed by atoms with E-state index in [-0.39, 0.29) is 22.5 Å². The molecule has 0 spiro atoms. The van der Waals surface area contributed by atoms with E-state index >= 15 is 0 Å². The molecular formula is C11H16N4O2. The zero-order chi connectivity index (χ0) is 13.0. The van der Waals surface area contributed by atoms with Crippen molar-refractivity contribution in [2.24, 2.45) is 30.0 Å². The molecule has 0 aliphatic carbocycles. The van der Waals surface area contributed by atoms with E-state index in [1.807, 2.05) is 20.8 Å². The first-order valence-corrected chi connectivity index (χ1v) is 5.53. The third kappa shape index (κ3) is 1.47. The lowest BCUT2D eigenvalue weighted by atomic mass is 10.0. The lowest BCUT2D eigenvalue weighted by Crippen LogP contribution is -2.55. The summed E-state index contributed by atoms with van der Waals surface area (Å²) >= 11 is 0. The normalized spacial score (nSPS) is 22.2. The summed E-state index contributed by atoms with van der Waals surface area (Å²) < 4.78 is 2.43.